The Kier molecular flexibility index (Phi) is 5.15. The van der Waals surface area contributed by atoms with Crippen LogP contribution in [0.25, 0.3) is 0 Å². The molecule has 0 radical (unpaired) electrons. The van der Waals surface area contributed by atoms with Gasteiger partial charge >= 0.3 is 0 Å². The summed E-state index contributed by atoms with van der Waals surface area (Å²) >= 11 is 0. The highest BCUT2D eigenvalue weighted by Gasteiger charge is 2.19. The highest BCUT2D eigenvalue weighted by molar-refractivity contribution is 6.11. The number of H-pyrrole nitrogens is 1. The van der Waals surface area contributed by atoms with Crippen LogP contribution in [0, 0.1) is 10.1 Å². The van der Waals surface area contributed by atoms with Crippen molar-refractivity contribution in [2.24, 2.45) is 0 Å². The van der Waals surface area contributed by atoms with Gasteiger partial charge in [0.1, 0.15) is 5.56 Å². The van der Waals surface area contributed by atoms with E-state index in [1.807, 2.05) is 0 Å². The van der Waals surface area contributed by atoms with E-state index in [0.29, 0.717) is 5.56 Å². The molecule has 0 saturated carbocycles. The minimum Gasteiger partial charge on any atom is -0.351 e. The largest absolute Gasteiger partial charge is 0.351 e. The van der Waals surface area contributed by atoms with Crippen molar-refractivity contribution >= 4 is 11.5 Å². The van der Waals surface area contributed by atoms with Gasteiger partial charge in [-0.3, -0.25) is 14.9 Å². The third-order valence-electron chi connectivity index (χ3n) is 2.79. The number of nitro benzene ring substituents is 1. The Morgan fingerprint density at radius 2 is 1.73 bits per heavy atom. The molecule has 0 amide bonds. The molecule has 0 unspecified atom stereocenters. The van der Waals surface area contributed by atoms with Gasteiger partial charge in [-0.05, 0) is 6.07 Å². The van der Waals surface area contributed by atoms with Gasteiger partial charge < -0.3 is 4.98 Å². The first kappa shape index (κ1) is 15.1. The Bertz CT molecular complexity index is 723. The van der Waals surface area contributed by atoms with E-state index in [4.69, 9.17) is 0 Å². The van der Waals surface area contributed by atoms with E-state index in [1.54, 1.807) is 61.2 Å². The van der Waals surface area contributed by atoms with Crippen LogP contribution in [0.2, 0.25) is 0 Å². The topological polar surface area (TPSA) is 88.9 Å². The predicted molar refractivity (Wildman–Crippen MR) is 81.6 cm³/mol. The van der Waals surface area contributed by atoms with Crippen molar-refractivity contribution in [3.63, 3.8) is 0 Å². The van der Waals surface area contributed by atoms with Crippen LogP contribution in [0.3, 0.4) is 0 Å². The molecular formula is C16H13N3O3. The molecule has 22 heavy (non-hydrogen) atoms. The van der Waals surface area contributed by atoms with Crippen LogP contribution >= 0.6 is 0 Å². The van der Waals surface area contributed by atoms with Crippen LogP contribution < -0.4 is 0 Å². The molecule has 0 fully saturated rings. The Morgan fingerprint density at radius 3 is 2.27 bits per heavy atom. The van der Waals surface area contributed by atoms with Crippen LogP contribution in [0.5, 0.6) is 0 Å². The zero-order valence-electron chi connectivity index (χ0n) is 11.5. The molecule has 0 bridgehead atoms. The van der Waals surface area contributed by atoms with Gasteiger partial charge in [0.05, 0.1) is 11.3 Å². The molecule has 0 aliphatic heterocycles. The normalized spacial score (nSPS) is 9.45. The van der Waals surface area contributed by atoms with E-state index in [0.717, 1.165) is 0 Å². The van der Waals surface area contributed by atoms with E-state index in [1.165, 1.54) is 12.1 Å². The lowest BCUT2D eigenvalue weighted by Gasteiger charge is -2.01. The standard InChI is InChI=1S/C13H9NO3.C3H4N2/c15-13(10-6-2-1-3-7-10)11-8-4-5-9-12(11)14(16)17;1-2-5-3-4-1/h1-9H;1-3H,(H,4,5). The van der Waals surface area contributed by atoms with E-state index in [9.17, 15) is 14.9 Å². The Morgan fingerprint density at radius 1 is 1.05 bits per heavy atom. The second-order valence-corrected chi connectivity index (χ2v) is 4.23. The third kappa shape index (κ3) is 3.86. The molecule has 1 aromatic heterocycles. The van der Waals surface area contributed by atoms with Crippen molar-refractivity contribution in [3.8, 4) is 0 Å². The zero-order valence-corrected chi connectivity index (χ0v) is 11.5. The molecule has 0 aliphatic rings. The van der Waals surface area contributed by atoms with E-state index in [-0.39, 0.29) is 17.0 Å². The summed E-state index contributed by atoms with van der Waals surface area (Å²) in [5.41, 5.74) is 0.395. The number of benzene rings is 2. The number of rotatable bonds is 3. The Balaban J connectivity index is 0.000000299. The average Bonchev–Trinajstić information content (AvgIpc) is 3.15. The molecule has 3 rings (SSSR count). The van der Waals surface area contributed by atoms with Crippen LogP contribution in [-0.4, -0.2) is 20.7 Å². The predicted octanol–water partition coefficient (Wildman–Crippen LogP) is 3.24. The fourth-order valence-corrected chi connectivity index (χ4v) is 1.79. The number of carbonyl (C=O) groups is 1. The average molecular weight is 295 g/mol. The Hall–Kier alpha value is -3.28. The summed E-state index contributed by atoms with van der Waals surface area (Å²) < 4.78 is 0. The van der Waals surface area contributed by atoms with E-state index in [2.05, 4.69) is 9.97 Å². The number of para-hydroxylation sites is 1. The van der Waals surface area contributed by atoms with Gasteiger partial charge in [0.15, 0.2) is 5.78 Å². The van der Waals surface area contributed by atoms with Crippen molar-refractivity contribution in [1.82, 2.24) is 9.97 Å². The molecule has 6 nitrogen and oxygen atoms in total. The number of aromatic amines is 1. The number of nitrogens with zero attached hydrogens (tertiary/aromatic N) is 2. The number of ketones is 1. The van der Waals surface area contributed by atoms with Gasteiger partial charge in [-0.25, -0.2) is 4.98 Å². The zero-order chi connectivity index (χ0) is 15.8. The van der Waals surface area contributed by atoms with Gasteiger partial charge in [-0.1, -0.05) is 42.5 Å². The maximum Gasteiger partial charge on any atom is 0.280 e. The molecule has 0 spiro atoms. The smallest absolute Gasteiger partial charge is 0.280 e. The quantitative estimate of drug-likeness (QED) is 0.456. The first-order valence-electron chi connectivity index (χ1n) is 6.46. The van der Waals surface area contributed by atoms with Crippen LogP contribution in [0.4, 0.5) is 5.69 Å². The maximum absolute atomic E-state index is 12.1. The fourth-order valence-electron chi connectivity index (χ4n) is 1.79. The first-order valence-corrected chi connectivity index (χ1v) is 6.46. The van der Waals surface area contributed by atoms with Crippen molar-refractivity contribution in [3.05, 3.63) is 94.6 Å². The maximum atomic E-state index is 12.1. The summed E-state index contributed by atoms with van der Waals surface area (Å²) in [5.74, 6) is -0.335. The van der Waals surface area contributed by atoms with Crippen molar-refractivity contribution in [2.45, 2.75) is 0 Å². The molecule has 6 heteroatoms. The van der Waals surface area contributed by atoms with Crippen LogP contribution in [0.1, 0.15) is 15.9 Å². The molecule has 3 aromatic rings. The molecule has 2 aromatic carbocycles. The number of nitro groups is 1. The van der Waals surface area contributed by atoms with Crippen LogP contribution in [0.15, 0.2) is 73.3 Å². The number of hydrogen-bond donors (Lipinski definition) is 1. The summed E-state index contributed by atoms with van der Waals surface area (Å²) in [5, 5.41) is 10.8. The number of aromatic nitrogens is 2. The molecule has 110 valence electrons. The molecule has 1 heterocycles. The number of carbonyl (C=O) groups excluding carboxylic acids is 1. The fraction of sp³-hybridized carbons (Fsp3) is 0. The molecule has 0 atom stereocenters. The van der Waals surface area contributed by atoms with Crippen molar-refractivity contribution < 1.29 is 9.72 Å². The first-order chi connectivity index (χ1) is 10.7. The summed E-state index contributed by atoms with van der Waals surface area (Å²) in [6.07, 6.45) is 5.08. The van der Waals surface area contributed by atoms with Crippen molar-refractivity contribution in [2.75, 3.05) is 0 Å². The number of hydrogen-bond acceptors (Lipinski definition) is 4. The summed E-state index contributed by atoms with van der Waals surface area (Å²) in [7, 11) is 0. The lowest BCUT2D eigenvalue weighted by molar-refractivity contribution is -0.385. The van der Waals surface area contributed by atoms with Gasteiger partial charge in [0, 0.05) is 24.0 Å². The number of nitrogens with one attached hydrogen (secondary N) is 1. The monoisotopic (exact) mass is 295 g/mol. The van der Waals surface area contributed by atoms with Crippen LogP contribution in [-0.2, 0) is 0 Å². The molecule has 0 aliphatic carbocycles. The summed E-state index contributed by atoms with van der Waals surface area (Å²) in [4.78, 5) is 28.7. The van der Waals surface area contributed by atoms with Gasteiger partial charge in [0.2, 0.25) is 0 Å². The third-order valence-corrected chi connectivity index (χ3v) is 2.79. The molecule has 0 saturated heterocycles. The minimum absolute atomic E-state index is 0.115. The second-order valence-electron chi connectivity index (χ2n) is 4.23. The Labute approximate surface area is 126 Å². The van der Waals surface area contributed by atoms with Crippen molar-refractivity contribution in [1.29, 1.82) is 0 Å². The lowest BCUT2D eigenvalue weighted by Crippen LogP contribution is -2.04. The SMILES string of the molecule is O=C(c1ccccc1)c1ccccc1[N+](=O)[O-].c1c[nH]cn1. The summed E-state index contributed by atoms with van der Waals surface area (Å²) in [6.45, 7) is 0. The highest BCUT2D eigenvalue weighted by atomic mass is 16.6. The van der Waals surface area contributed by atoms with E-state index < -0.39 is 4.92 Å². The summed E-state index contributed by atoms with van der Waals surface area (Å²) in [6, 6.07) is 14.5. The van der Waals surface area contributed by atoms with Gasteiger partial charge in [-0.2, -0.15) is 0 Å². The second kappa shape index (κ2) is 7.49. The minimum atomic E-state index is -0.545. The van der Waals surface area contributed by atoms with E-state index >= 15 is 0 Å². The lowest BCUT2D eigenvalue weighted by atomic mass is 10.0. The van der Waals surface area contributed by atoms with Gasteiger partial charge in [0.25, 0.3) is 5.69 Å². The van der Waals surface area contributed by atoms with Gasteiger partial charge in [-0.15, -0.1) is 0 Å². The number of imidazole rings is 1. The molecule has 1 N–H and O–H groups in total. The highest BCUT2D eigenvalue weighted by Crippen LogP contribution is 2.20. The molecular weight excluding hydrogens is 282 g/mol.